The van der Waals surface area contributed by atoms with Gasteiger partial charge in [0.25, 0.3) is 0 Å². The molecule has 0 aliphatic rings. The lowest BCUT2D eigenvalue weighted by Gasteiger charge is -2.13. The third kappa shape index (κ3) is 5.01. The van der Waals surface area contributed by atoms with E-state index in [0.29, 0.717) is 0 Å². The van der Waals surface area contributed by atoms with Crippen molar-refractivity contribution in [1.29, 1.82) is 0 Å². The minimum Gasteiger partial charge on any atom is -0.495 e. The first-order chi connectivity index (χ1) is 9.24. The van der Waals surface area contributed by atoms with Gasteiger partial charge in [0.2, 0.25) is 0 Å². The lowest BCUT2D eigenvalue weighted by Crippen LogP contribution is -2.20. The van der Waals surface area contributed by atoms with Crippen LogP contribution in [0.1, 0.15) is 12.0 Å². The minimum atomic E-state index is 0.747. The van der Waals surface area contributed by atoms with Crippen molar-refractivity contribution in [3.05, 3.63) is 22.2 Å². The molecular weight excluding hydrogens is 310 g/mol. The molecule has 0 amide bonds. The van der Waals surface area contributed by atoms with Gasteiger partial charge >= 0.3 is 0 Å². The quantitative estimate of drug-likeness (QED) is 0.706. The molecule has 0 atom stereocenters. The molecule has 0 saturated heterocycles. The Balaban J connectivity index is 2.51. The van der Waals surface area contributed by atoms with E-state index in [9.17, 15) is 0 Å². The summed E-state index contributed by atoms with van der Waals surface area (Å²) in [4.78, 5) is 0. The maximum Gasteiger partial charge on any atom is 0.139 e. The standard InChI is InChI=1S/C14H22BrNO3/c1-17-10-9-16-8-4-5-11-6-7-12(18-2)13(15)14(11)19-3/h6-7,16H,4-5,8-10H2,1-3H3. The highest BCUT2D eigenvalue weighted by molar-refractivity contribution is 9.10. The molecule has 5 heteroatoms. The zero-order chi connectivity index (χ0) is 14.1. The lowest BCUT2D eigenvalue weighted by molar-refractivity contribution is 0.199. The van der Waals surface area contributed by atoms with E-state index >= 15 is 0 Å². The van der Waals surface area contributed by atoms with Crippen LogP contribution in [0.2, 0.25) is 0 Å². The molecule has 108 valence electrons. The highest BCUT2D eigenvalue weighted by atomic mass is 79.9. The van der Waals surface area contributed by atoms with E-state index in [0.717, 1.165) is 48.5 Å². The zero-order valence-corrected chi connectivity index (χ0v) is 13.4. The van der Waals surface area contributed by atoms with Gasteiger partial charge in [-0.1, -0.05) is 6.07 Å². The number of rotatable bonds is 9. The van der Waals surface area contributed by atoms with Crippen molar-refractivity contribution in [3.8, 4) is 11.5 Å². The molecule has 1 rings (SSSR count). The Morgan fingerprint density at radius 3 is 2.53 bits per heavy atom. The Kier molecular flexibility index (Phi) is 7.86. The van der Waals surface area contributed by atoms with Gasteiger partial charge in [-0.15, -0.1) is 0 Å². The molecule has 0 aromatic heterocycles. The van der Waals surface area contributed by atoms with Gasteiger partial charge in [0, 0.05) is 13.7 Å². The van der Waals surface area contributed by atoms with Crippen molar-refractivity contribution in [2.75, 3.05) is 41.0 Å². The maximum absolute atomic E-state index is 5.45. The second-order valence-corrected chi connectivity index (χ2v) is 4.91. The molecule has 0 spiro atoms. The summed E-state index contributed by atoms with van der Waals surface area (Å²) in [5.41, 5.74) is 1.18. The van der Waals surface area contributed by atoms with Crippen LogP contribution < -0.4 is 14.8 Å². The number of hydrogen-bond acceptors (Lipinski definition) is 4. The molecule has 1 aromatic rings. The second kappa shape index (κ2) is 9.18. The third-order valence-corrected chi connectivity index (χ3v) is 3.60. The second-order valence-electron chi connectivity index (χ2n) is 4.12. The monoisotopic (exact) mass is 331 g/mol. The fraction of sp³-hybridized carbons (Fsp3) is 0.571. The first-order valence-electron chi connectivity index (χ1n) is 6.33. The largest absolute Gasteiger partial charge is 0.495 e. The Bertz CT molecular complexity index is 385. The fourth-order valence-electron chi connectivity index (χ4n) is 1.86. The first-order valence-corrected chi connectivity index (χ1v) is 7.12. The third-order valence-electron chi connectivity index (χ3n) is 2.85. The Hall–Kier alpha value is -0.780. The van der Waals surface area contributed by atoms with Crippen molar-refractivity contribution >= 4 is 15.9 Å². The van der Waals surface area contributed by atoms with E-state index < -0.39 is 0 Å². The number of aryl methyl sites for hydroxylation is 1. The van der Waals surface area contributed by atoms with Gasteiger partial charge in [0.1, 0.15) is 16.0 Å². The van der Waals surface area contributed by atoms with Crippen LogP contribution in [0.25, 0.3) is 0 Å². The van der Waals surface area contributed by atoms with Crippen LogP contribution in [0.4, 0.5) is 0 Å². The van der Waals surface area contributed by atoms with Crippen LogP contribution in [0.5, 0.6) is 11.5 Å². The van der Waals surface area contributed by atoms with E-state index in [1.165, 1.54) is 5.56 Å². The number of hydrogen-bond donors (Lipinski definition) is 1. The zero-order valence-electron chi connectivity index (χ0n) is 11.8. The van der Waals surface area contributed by atoms with Crippen LogP contribution >= 0.6 is 15.9 Å². The Morgan fingerprint density at radius 2 is 1.89 bits per heavy atom. The summed E-state index contributed by atoms with van der Waals surface area (Å²) in [5.74, 6) is 1.65. The predicted molar refractivity (Wildman–Crippen MR) is 80.3 cm³/mol. The molecule has 19 heavy (non-hydrogen) atoms. The summed E-state index contributed by atoms with van der Waals surface area (Å²) >= 11 is 3.51. The average Bonchev–Trinajstić information content (AvgIpc) is 2.43. The first kappa shape index (κ1) is 16.3. The van der Waals surface area contributed by atoms with Gasteiger partial charge in [-0.25, -0.2) is 0 Å². The van der Waals surface area contributed by atoms with Gasteiger partial charge in [0.05, 0.1) is 20.8 Å². The van der Waals surface area contributed by atoms with Gasteiger partial charge in [-0.05, 0) is 46.9 Å². The van der Waals surface area contributed by atoms with Crippen molar-refractivity contribution in [2.45, 2.75) is 12.8 Å². The van der Waals surface area contributed by atoms with Crippen LogP contribution in [0.3, 0.4) is 0 Å². The molecule has 0 bridgehead atoms. The van der Waals surface area contributed by atoms with Crippen molar-refractivity contribution in [1.82, 2.24) is 5.32 Å². The van der Waals surface area contributed by atoms with E-state index in [-0.39, 0.29) is 0 Å². The normalized spacial score (nSPS) is 10.5. The molecule has 0 unspecified atom stereocenters. The molecule has 0 heterocycles. The fourth-order valence-corrected chi connectivity index (χ4v) is 2.57. The van der Waals surface area contributed by atoms with Crippen LogP contribution in [-0.4, -0.2) is 41.0 Å². The van der Waals surface area contributed by atoms with E-state index in [1.807, 2.05) is 6.07 Å². The summed E-state index contributed by atoms with van der Waals surface area (Å²) in [6.45, 7) is 2.60. The topological polar surface area (TPSA) is 39.7 Å². The molecule has 0 radical (unpaired) electrons. The maximum atomic E-state index is 5.45. The van der Waals surface area contributed by atoms with Gasteiger partial charge < -0.3 is 19.5 Å². The smallest absolute Gasteiger partial charge is 0.139 e. The van der Waals surface area contributed by atoms with E-state index in [1.54, 1.807) is 21.3 Å². The number of benzene rings is 1. The number of halogens is 1. The predicted octanol–water partition coefficient (Wildman–Crippen LogP) is 2.63. The Labute approximate surface area is 123 Å². The number of methoxy groups -OCH3 is 3. The average molecular weight is 332 g/mol. The number of nitrogens with one attached hydrogen (secondary N) is 1. The lowest BCUT2D eigenvalue weighted by atomic mass is 10.1. The van der Waals surface area contributed by atoms with Crippen LogP contribution in [-0.2, 0) is 11.2 Å². The molecule has 0 saturated carbocycles. The van der Waals surface area contributed by atoms with Gasteiger partial charge in [-0.2, -0.15) is 0 Å². The van der Waals surface area contributed by atoms with E-state index in [2.05, 4.69) is 27.3 Å². The van der Waals surface area contributed by atoms with Gasteiger partial charge in [0.15, 0.2) is 0 Å². The molecule has 1 N–H and O–H groups in total. The van der Waals surface area contributed by atoms with Crippen LogP contribution in [0, 0.1) is 0 Å². The van der Waals surface area contributed by atoms with Crippen molar-refractivity contribution in [2.24, 2.45) is 0 Å². The summed E-state index contributed by atoms with van der Waals surface area (Å²) < 4.78 is 16.6. The summed E-state index contributed by atoms with van der Waals surface area (Å²) in [6, 6.07) is 4.01. The Morgan fingerprint density at radius 1 is 1.11 bits per heavy atom. The molecule has 0 aliphatic heterocycles. The molecular formula is C14H22BrNO3. The minimum absolute atomic E-state index is 0.747. The van der Waals surface area contributed by atoms with Gasteiger partial charge in [-0.3, -0.25) is 0 Å². The highest BCUT2D eigenvalue weighted by Gasteiger charge is 2.12. The van der Waals surface area contributed by atoms with Crippen molar-refractivity contribution in [3.63, 3.8) is 0 Å². The summed E-state index contributed by atoms with van der Waals surface area (Å²) in [5, 5.41) is 3.33. The van der Waals surface area contributed by atoms with Crippen LogP contribution in [0.15, 0.2) is 16.6 Å². The highest BCUT2D eigenvalue weighted by Crippen LogP contribution is 2.37. The molecule has 4 nitrogen and oxygen atoms in total. The molecule has 0 fully saturated rings. The molecule has 1 aromatic carbocycles. The molecule has 0 aliphatic carbocycles. The SMILES string of the molecule is COCCNCCCc1ccc(OC)c(Br)c1OC. The number of ether oxygens (including phenoxy) is 3. The van der Waals surface area contributed by atoms with E-state index in [4.69, 9.17) is 14.2 Å². The summed E-state index contributed by atoms with van der Waals surface area (Å²) in [7, 11) is 5.04. The van der Waals surface area contributed by atoms with Crippen molar-refractivity contribution < 1.29 is 14.2 Å². The summed E-state index contributed by atoms with van der Waals surface area (Å²) in [6.07, 6.45) is 2.02.